The van der Waals surface area contributed by atoms with Gasteiger partial charge in [-0.3, -0.25) is 14.9 Å². The number of H-pyrrole nitrogens is 1. The summed E-state index contributed by atoms with van der Waals surface area (Å²) < 4.78 is 0. The molecule has 0 amide bonds. The maximum atomic E-state index is 12.5. The number of fused-ring (bicyclic) bond motifs is 1. The molecule has 4 heteroatoms. The van der Waals surface area contributed by atoms with E-state index in [0.717, 1.165) is 41.4 Å². The lowest BCUT2D eigenvalue weighted by Crippen LogP contribution is -2.00. The van der Waals surface area contributed by atoms with Crippen molar-refractivity contribution in [3.05, 3.63) is 65.6 Å². The van der Waals surface area contributed by atoms with E-state index in [1.807, 2.05) is 42.6 Å². The zero-order valence-corrected chi connectivity index (χ0v) is 12.7. The van der Waals surface area contributed by atoms with Crippen molar-refractivity contribution >= 4 is 22.3 Å². The second-order valence-electron chi connectivity index (χ2n) is 5.89. The first kappa shape index (κ1) is 13.9. The molecule has 4 rings (SSSR count). The number of aromatic amines is 1. The van der Waals surface area contributed by atoms with Crippen LogP contribution in [0.25, 0.3) is 16.5 Å². The molecule has 0 aliphatic heterocycles. The Bertz CT molecular complexity index is 887. The third-order valence-corrected chi connectivity index (χ3v) is 4.27. The first-order valence-electron chi connectivity index (χ1n) is 7.90. The molecule has 1 aliphatic carbocycles. The highest BCUT2D eigenvalue weighted by molar-refractivity contribution is 6.00. The molecule has 1 N–H and O–H groups in total. The van der Waals surface area contributed by atoms with Gasteiger partial charge in [-0.2, -0.15) is 5.10 Å². The fraction of sp³-hybridized carbons (Fsp3) is 0.211. The monoisotopic (exact) mass is 303 g/mol. The number of pyridine rings is 1. The highest BCUT2D eigenvalue weighted by Gasteiger charge is 2.20. The van der Waals surface area contributed by atoms with Crippen LogP contribution < -0.4 is 0 Å². The summed E-state index contributed by atoms with van der Waals surface area (Å²) in [5.41, 5.74) is 5.42. The van der Waals surface area contributed by atoms with Gasteiger partial charge in [0, 0.05) is 23.6 Å². The van der Waals surface area contributed by atoms with Crippen LogP contribution in [0.5, 0.6) is 0 Å². The molecule has 1 aromatic carbocycles. The Kier molecular flexibility index (Phi) is 3.50. The molecule has 3 aromatic rings. The first-order valence-corrected chi connectivity index (χ1v) is 7.90. The minimum Gasteiger partial charge on any atom is -0.294 e. The van der Waals surface area contributed by atoms with Gasteiger partial charge in [0.2, 0.25) is 0 Å². The van der Waals surface area contributed by atoms with Gasteiger partial charge in [0.25, 0.3) is 0 Å². The van der Waals surface area contributed by atoms with E-state index in [9.17, 15) is 4.79 Å². The van der Waals surface area contributed by atoms with Crippen molar-refractivity contribution < 1.29 is 4.79 Å². The molecule has 0 radical (unpaired) electrons. The number of allylic oxidation sites excluding steroid dienone is 2. The van der Waals surface area contributed by atoms with E-state index in [-0.39, 0.29) is 5.78 Å². The molecule has 4 nitrogen and oxygen atoms in total. The Hall–Kier alpha value is -2.75. The lowest BCUT2D eigenvalue weighted by Gasteiger charge is -2.07. The molecule has 1 saturated carbocycles. The average molecular weight is 303 g/mol. The SMILES string of the molecule is O=C(CCC(=C1CC1)c1ccccn1)c1ccc2[nH]ncc2c1. The van der Waals surface area contributed by atoms with E-state index < -0.39 is 0 Å². The molecule has 2 heterocycles. The first-order chi connectivity index (χ1) is 11.3. The van der Waals surface area contributed by atoms with Gasteiger partial charge in [-0.05, 0) is 55.2 Å². The highest BCUT2D eigenvalue weighted by Crippen LogP contribution is 2.38. The summed E-state index contributed by atoms with van der Waals surface area (Å²) in [6, 6.07) is 11.6. The average Bonchev–Trinajstić information content (AvgIpc) is 3.32. The van der Waals surface area contributed by atoms with Gasteiger partial charge in [0.05, 0.1) is 17.4 Å². The summed E-state index contributed by atoms with van der Waals surface area (Å²) in [5.74, 6) is 0.169. The Morgan fingerprint density at radius 1 is 1.13 bits per heavy atom. The predicted molar refractivity (Wildman–Crippen MR) is 90.0 cm³/mol. The highest BCUT2D eigenvalue weighted by atomic mass is 16.1. The number of nitrogens with one attached hydrogen (secondary N) is 1. The molecule has 0 atom stereocenters. The number of carbonyl (C=O) groups excluding carboxylic acids is 1. The summed E-state index contributed by atoms with van der Waals surface area (Å²) in [5, 5.41) is 7.87. The minimum absolute atomic E-state index is 0.169. The third kappa shape index (κ3) is 2.93. The third-order valence-electron chi connectivity index (χ3n) is 4.27. The molecule has 23 heavy (non-hydrogen) atoms. The summed E-state index contributed by atoms with van der Waals surface area (Å²) in [6.07, 6.45) is 7.11. The number of hydrogen-bond acceptors (Lipinski definition) is 3. The van der Waals surface area contributed by atoms with E-state index in [0.29, 0.717) is 6.42 Å². The Balaban J connectivity index is 1.51. The van der Waals surface area contributed by atoms with E-state index in [1.54, 1.807) is 6.20 Å². The van der Waals surface area contributed by atoms with Gasteiger partial charge < -0.3 is 0 Å². The lowest BCUT2D eigenvalue weighted by atomic mass is 9.99. The molecule has 114 valence electrons. The topological polar surface area (TPSA) is 58.6 Å². The molecule has 0 unspecified atom stereocenters. The van der Waals surface area contributed by atoms with Crippen molar-refractivity contribution in [3.8, 4) is 0 Å². The second-order valence-corrected chi connectivity index (χ2v) is 5.89. The molecule has 1 aliphatic rings. The van der Waals surface area contributed by atoms with Gasteiger partial charge in [-0.15, -0.1) is 0 Å². The normalized spacial score (nSPS) is 13.3. The van der Waals surface area contributed by atoms with E-state index in [2.05, 4.69) is 15.2 Å². The number of ketones is 1. The van der Waals surface area contributed by atoms with Crippen molar-refractivity contribution in [2.45, 2.75) is 25.7 Å². The molecule has 0 bridgehead atoms. The zero-order chi connectivity index (χ0) is 15.6. The van der Waals surface area contributed by atoms with Crippen LogP contribution >= 0.6 is 0 Å². The largest absolute Gasteiger partial charge is 0.294 e. The number of carbonyl (C=O) groups is 1. The summed E-state index contributed by atoms with van der Waals surface area (Å²) in [6.45, 7) is 0. The van der Waals surface area contributed by atoms with Gasteiger partial charge in [-0.25, -0.2) is 0 Å². The van der Waals surface area contributed by atoms with Crippen molar-refractivity contribution in [2.24, 2.45) is 0 Å². The molecular weight excluding hydrogens is 286 g/mol. The van der Waals surface area contributed by atoms with Crippen LogP contribution in [0.4, 0.5) is 0 Å². The summed E-state index contributed by atoms with van der Waals surface area (Å²) in [7, 11) is 0. The smallest absolute Gasteiger partial charge is 0.163 e. The van der Waals surface area contributed by atoms with Crippen LogP contribution in [0, 0.1) is 0 Å². The van der Waals surface area contributed by atoms with Crippen molar-refractivity contribution in [1.82, 2.24) is 15.2 Å². The van der Waals surface area contributed by atoms with Crippen molar-refractivity contribution in [2.75, 3.05) is 0 Å². The van der Waals surface area contributed by atoms with Gasteiger partial charge in [0.15, 0.2) is 5.78 Å². The van der Waals surface area contributed by atoms with Crippen LogP contribution in [0.1, 0.15) is 41.7 Å². The van der Waals surface area contributed by atoms with E-state index in [1.165, 1.54) is 11.1 Å². The zero-order valence-electron chi connectivity index (χ0n) is 12.7. The quantitative estimate of drug-likeness (QED) is 0.720. The van der Waals surface area contributed by atoms with E-state index in [4.69, 9.17) is 0 Å². The Morgan fingerprint density at radius 2 is 2.04 bits per heavy atom. The van der Waals surface area contributed by atoms with Crippen LogP contribution in [-0.4, -0.2) is 21.0 Å². The number of aromatic nitrogens is 3. The van der Waals surface area contributed by atoms with Crippen molar-refractivity contribution in [1.29, 1.82) is 0 Å². The molecule has 0 saturated heterocycles. The van der Waals surface area contributed by atoms with Crippen LogP contribution in [0.2, 0.25) is 0 Å². The molecule has 2 aromatic heterocycles. The van der Waals surface area contributed by atoms with Gasteiger partial charge in [-0.1, -0.05) is 11.6 Å². The molecular formula is C19H17N3O. The Labute approximate surface area is 134 Å². The maximum Gasteiger partial charge on any atom is 0.163 e. The molecule has 1 fully saturated rings. The fourth-order valence-corrected chi connectivity index (χ4v) is 2.89. The number of nitrogens with zero attached hydrogens (tertiary/aromatic N) is 2. The van der Waals surface area contributed by atoms with E-state index >= 15 is 0 Å². The molecule has 0 spiro atoms. The number of hydrogen-bond donors (Lipinski definition) is 1. The predicted octanol–water partition coefficient (Wildman–Crippen LogP) is 4.17. The van der Waals surface area contributed by atoms with Crippen LogP contribution in [0.15, 0.2) is 54.4 Å². The number of benzene rings is 1. The number of rotatable bonds is 5. The van der Waals surface area contributed by atoms with Crippen molar-refractivity contribution in [3.63, 3.8) is 0 Å². The summed E-state index contributed by atoms with van der Waals surface area (Å²) in [4.78, 5) is 17.0. The second kappa shape index (κ2) is 5.80. The fourth-order valence-electron chi connectivity index (χ4n) is 2.89. The van der Waals surface area contributed by atoms with Crippen LogP contribution in [-0.2, 0) is 0 Å². The maximum absolute atomic E-state index is 12.5. The lowest BCUT2D eigenvalue weighted by molar-refractivity contribution is 0.0984. The Morgan fingerprint density at radius 3 is 2.83 bits per heavy atom. The number of Topliss-reactive ketones (excluding diaryl/α,β-unsaturated/α-hetero) is 1. The minimum atomic E-state index is 0.169. The summed E-state index contributed by atoms with van der Waals surface area (Å²) >= 11 is 0. The van der Waals surface area contributed by atoms with Gasteiger partial charge >= 0.3 is 0 Å². The van der Waals surface area contributed by atoms with Crippen LogP contribution in [0.3, 0.4) is 0 Å². The standard InChI is InChI=1S/C19H17N3O/c23-19(14-6-8-17-15(11-14)12-21-22-17)9-7-16(13-4-5-13)18-3-1-2-10-20-18/h1-3,6,8,10-12H,4-5,7,9H2,(H,21,22). The van der Waals surface area contributed by atoms with Gasteiger partial charge in [0.1, 0.15) is 0 Å².